The van der Waals surface area contributed by atoms with Gasteiger partial charge in [-0.1, -0.05) is 18.7 Å². The van der Waals surface area contributed by atoms with E-state index in [1.165, 1.54) is 28.0 Å². The van der Waals surface area contributed by atoms with Gasteiger partial charge >= 0.3 is 0 Å². The number of hydrogen-bond acceptors (Lipinski definition) is 8. The summed E-state index contributed by atoms with van der Waals surface area (Å²) < 4.78 is 16.2. The molecule has 6 nitrogen and oxygen atoms in total. The molecule has 0 radical (unpaired) electrons. The van der Waals surface area contributed by atoms with Gasteiger partial charge in [-0.25, -0.2) is 0 Å². The monoisotopic (exact) mass is 390 g/mol. The van der Waals surface area contributed by atoms with Crippen LogP contribution in [0.2, 0.25) is 0 Å². The molecule has 0 saturated carbocycles. The van der Waals surface area contributed by atoms with Crippen molar-refractivity contribution in [2.24, 2.45) is 0 Å². The van der Waals surface area contributed by atoms with Gasteiger partial charge in [-0.2, -0.15) is 0 Å². The van der Waals surface area contributed by atoms with Crippen LogP contribution < -0.4 is 9.47 Å². The summed E-state index contributed by atoms with van der Waals surface area (Å²) in [6.07, 6.45) is 0.932. The first-order valence-corrected chi connectivity index (χ1v) is 9.75. The number of carbonyl (C=O) groups excluding carboxylic acids is 1. The number of Topliss-reactive ketones (excluding diaryl/α,β-unsaturated/α-hetero) is 1. The van der Waals surface area contributed by atoms with Gasteiger partial charge in [-0.05, 0) is 30.7 Å². The van der Waals surface area contributed by atoms with E-state index in [2.05, 4.69) is 17.1 Å². The number of aryl methyl sites for hydroxylation is 1. The maximum absolute atomic E-state index is 12.3. The second kappa shape index (κ2) is 8.37. The summed E-state index contributed by atoms with van der Waals surface area (Å²) >= 11 is 2.76. The molecule has 3 rings (SSSR count). The molecule has 136 valence electrons. The van der Waals surface area contributed by atoms with E-state index in [0.717, 1.165) is 11.3 Å². The molecule has 0 saturated heterocycles. The van der Waals surface area contributed by atoms with Crippen LogP contribution in [-0.4, -0.2) is 36.0 Å². The average molecular weight is 390 g/mol. The molecule has 0 spiro atoms. The molecule has 0 aliphatic rings. The van der Waals surface area contributed by atoms with Crippen LogP contribution in [0.25, 0.3) is 11.5 Å². The van der Waals surface area contributed by atoms with Crippen LogP contribution in [-0.2, 0) is 6.42 Å². The molecule has 0 unspecified atom stereocenters. The topological polar surface area (TPSA) is 74.5 Å². The third-order valence-corrected chi connectivity index (χ3v) is 5.75. The summed E-state index contributed by atoms with van der Waals surface area (Å²) in [6, 6.07) is 9.19. The minimum atomic E-state index is 0.0569. The first kappa shape index (κ1) is 18.5. The van der Waals surface area contributed by atoms with Crippen molar-refractivity contribution >= 4 is 28.9 Å². The fourth-order valence-electron chi connectivity index (χ4n) is 2.27. The van der Waals surface area contributed by atoms with Crippen LogP contribution in [0.5, 0.6) is 11.5 Å². The Kier molecular flexibility index (Phi) is 5.95. The number of rotatable bonds is 8. The number of ketones is 1. The molecule has 0 amide bonds. The minimum absolute atomic E-state index is 0.0569. The van der Waals surface area contributed by atoms with Gasteiger partial charge in [0.05, 0.1) is 30.4 Å². The Labute approximate surface area is 159 Å². The summed E-state index contributed by atoms with van der Waals surface area (Å²) in [4.78, 5) is 14.2. The Hall–Kier alpha value is -2.32. The number of benzene rings is 1. The number of nitrogens with zero attached hydrogens (tertiary/aromatic N) is 2. The highest BCUT2D eigenvalue weighted by Crippen LogP contribution is 2.33. The predicted molar refractivity (Wildman–Crippen MR) is 102 cm³/mol. The molecule has 8 heteroatoms. The van der Waals surface area contributed by atoms with Gasteiger partial charge in [0.2, 0.25) is 0 Å². The third kappa shape index (κ3) is 4.08. The largest absolute Gasteiger partial charge is 0.497 e. The molecule has 0 fully saturated rings. The number of carbonyl (C=O) groups is 1. The molecule has 2 heterocycles. The lowest BCUT2D eigenvalue weighted by molar-refractivity contribution is 0.102. The van der Waals surface area contributed by atoms with E-state index in [-0.39, 0.29) is 11.5 Å². The van der Waals surface area contributed by atoms with Crippen LogP contribution in [0.1, 0.15) is 21.5 Å². The molecule has 0 N–H and O–H groups in total. The Morgan fingerprint density at radius 3 is 2.73 bits per heavy atom. The lowest BCUT2D eigenvalue weighted by atomic mass is 10.2. The number of hydrogen-bond donors (Lipinski definition) is 0. The summed E-state index contributed by atoms with van der Waals surface area (Å²) in [7, 11) is 3.15. The molecule has 3 aromatic rings. The van der Waals surface area contributed by atoms with E-state index >= 15 is 0 Å². The quantitative estimate of drug-likeness (QED) is 0.418. The van der Waals surface area contributed by atoms with E-state index in [0.29, 0.717) is 28.2 Å². The fraction of sp³-hybridized carbons (Fsp3) is 0.278. The molecule has 0 atom stereocenters. The van der Waals surface area contributed by atoms with Crippen molar-refractivity contribution in [1.29, 1.82) is 0 Å². The Bertz CT molecular complexity index is 904. The summed E-state index contributed by atoms with van der Waals surface area (Å²) in [5.41, 5.74) is 0.671. The maximum Gasteiger partial charge on any atom is 0.277 e. The SMILES string of the molecule is CCc1ccc(C(=O)CSc2nnc(-c3ccc(OC)cc3OC)o2)s1. The fourth-order valence-corrected chi connectivity index (χ4v) is 3.89. The van der Waals surface area contributed by atoms with Gasteiger partial charge in [-0.3, -0.25) is 4.79 Å². The van der Waals surface area contributed by atoms with Crippen LogP contribution >= 0.6 is 23.1 Å². The summed E-state index contributed by atoms with van der Waals surface area (Å²) in [5.74, 6) is 1.90. The van der Waals surface area contributed by atoms with Crippen molar-refractivity contribution in [3.05, 3.63) is 40.1 Å². The minimum Gasteiger partial charge on any atom is -0.497 e. The lowest BCUT2D eigenvalue weighted by Gasteiger charge is -2.07. The van der Waals surface area contributed by atoms with E-state index in [1.807, 2.05) is 12.1 Å². The Morgan fingerprint density at radius 2 is 2.04 bits per heavy atom. The molecule has 2 aromatic heterocycles. The number of methoxy groups -OCH3 is 2. The molecule has 1 aromatic carbocycles. The van der Waals surface area contributed by atoms with Crippen molar-refractivity contribution in [3.63, 3.8) is 0 Å². The zero-order valence-corrected chi connectivity index (χ0v) is 16.3. The number of ether oxygens (including phenoxy) is 2. The van der Waals surface area contributed by atoms with E-state index < -0.39 is 0 Å². The molecule has 0 aliphatic carbocycles. The van der Waals surface area contributed by atoms with Crippen molar-refractivity contribution in [3.8, 4) is 23.0 Å². The van der Waals surface area contributed by atoms with Crippen LogP contribution in [0, 0.1) is 0 Å². The van der Waals surface area contributed by atoms with Crippen LogP contribution in [0.4, 0.5) is 0 Å². The second-order valence-corrected chi connectivity index (χ2v) is 7.37. The Morgan fingerprint density at radius 1 is 1.19 bits per heavy atom. The van der Waals surface area contributed by atoms with Crippen molar-refractivity contribution in [2.45, 2.75) is 18.6 Å². The van der Waals surface area contributed by atoms with E-state index in [4.69, 9.17) is 13.9 Å². The highest BCUT2D eigenvalue weighted by molar-refractivity contribution is 7.99. The van der Waals surface area contributed by atoms with Crippen LogP contribution in [0.3, 0.4) is 0 Å². The van der Waals surface area contributed by atoms with E-state index in [9.17, 15) is 4.79 Å². The second-order valence-electron chi connectivity index (χ2n) is 5.27. The van der Waals surface area contributed by atoms with Gasteiger partial charge in [0.15, 0.2) is 5.78 Å². The molecule has 0 aliphatic heterocycles. The zero-order valence-electron chi connectivity index (χ0n) is 14.6. The third-order valence-electron chi connectivity index (χ3n) is 3.66. The van der Waals surface area contributed by atoms with Gasteiger partial charge in [0, 0.05) is 10.9 Å². The van der Waals surface area contributed by atoms with Gasteiger partial charge in [-0.15, -0.1) is 21.5 Å². The molecule has 0 bridgehead atoms. The van der Waals surface area contributed by atoms with Crippen molar-refractivity contribution in [1.82, 2.24) is 10.2 Å². The predicted octanol–water partition coefficient (Wildman–Crippen LogP) is 4.35. The normalized spacial score (nSPS) is 10.7. The highest BCUT2D eigenvalue weighted by Gasteiger charge is 2.16. The average Bonchev–Trinajstić information content (AvgIpc) is 3.35. The van der Waals surface area contributed by atoms with Gasteiger partial charge < -0.3 is 13.9 Å². The molecule has 26 heavy (non-hydrogen) atoms. The first-order chi connectivity index (χ1) is 12.6. The van der Waals surface area contributed by atoms with Crippen LogP contribution in [0.15, 0.2) is 40.0 Å². The highest BCUT2D eigenvalue weighted by atomic mass is 32.2. The smallest absolute Gasteiger partial charge is 0.277 e. The summed E-state index contributed by atoms with van der Waals surface area (Å²) in [5, 5.41) is 8.41. The maximum atomic E-state index is 12.3. The van der Waals surface area contributed by atoms with Crippen molar-refractivity contribution < 1.29 is 18.7 Å². The van der Waals surface area contributed by atoms with E-state index in [1.54, 1.807) is 32.4 Å². The molecular weight excluding hydrogens is 372 g/mol. The number of thiophene rings is 1. The summed E-state index contributed by atoms with van der Waals surface area (Å²) in [6.45, 7) is 2.07. The number of thioether (sulfide) groups is 1. The standard InChI is InChI=1S/C18H18N2O4S2/c1-4-12-6-8-16(26-12)14(21)10-25-18-20-19-17(24-18)13-7-5-11(22-2)9-15(13)23-3/h5-9H,4,10H2,1-3H3. The van der Waals surface area contributed by atoms with Gasteiger partial charge in [0.25, 0.3) is 11.1 Å². The Balaban J connectivity index is 1.69. The molecular formula is C18H18N2O4S2. The first-order valence-electron chi connectivity index (χ1n) is 7.95. The van der Waals surface area contributed by atoms with Crippen molar-refractivity contribution in [2.75, 3.05) is 20.0 Å². The zero-order chi connectivity index (χ0) is 18.5. The van der Waals surface area contributed by atoms with Gasteiger partial charge in [0.1, 0.15) is 11.5 Å². The lowest BCUT2D eigenvalue weighted by Crippen LogP contribution is -1.99. The number of aromatic nitrogens is 2.